The highest BCUT2D eigenvalue weighted by atomic mass is 16.6. The van der Waals surface area contributed by atoms with Crippen molar-refractivity contribution in [2.75, 3.05) is 27.9 Å². The average molecular weight is 898 g/mol. The minimum absolute atomic E-state index is 0.0562. The maximum absolute atomic E-state index is 14.4. The molecule has 12 heteroatoms. The number of hydrogen-bond donors (Lipinski definition) is 2. The van der Waals surface area contributed by atoms with Crippen molar-refractivity contribution in [3.8, 4) is 0 Å². The van der Waals surface area contributed by atoms with E-state index in [1.807, 2.05) is 45.1 Å². The highest BCUT2D eigenvalue weighted by Gasteiger charge is 2.53. The summed E-state index contributed by atoms with van der Waals surface area (Å²) in [4.78, 5) is 58.3. The number of carbonyl (C=O) groups excluding carboxylic acids is 4. The Morgan fingerprint density at radius 2 is 1.55 bits per heavy atom. The number of amides is 1. The number of aliphatic hydroxyl groups is 2. The van der Waals surface area contributed by atoms with Crippen LogP contribution in [0, 0.1) is 41.4 Å². The van der Waals surface area contributed by atoms with Crippen LogP contribution < -0.4 is 0 Å². The van der Waals surface area contributed by atoms with E-state index in [1.165, 1.54) is 4.90 Å². The maximum Gasteiger partial charge on any atom is 0.329 e. The molecule has 0 aromatic heterocycles. The van der Waals surface area contributed by atoms with E-state index in [2.05, 4.69) is 26.8 Å². The lowest BCUT2D eigenvalue weighted by Crippen LogP contribution is -2.61. The average Bonchev–Trinajstić information content (AvgIpc) is 3.27. The van der Waals surface area contributed by atoms with Gasteiger partial charge in [0.2, 0.25) is 5.79 Å². The van der Waals surface area contributed by atoms with E-state index in [0.717, 1.165) is 31.3 Å². The molecule has 15 atom stereocenters. The van der Waals surface area contributed by atoms with Crippen LogP contribution in [0.4, 0.5) is 0 Å². The fraction of sp³-hybridized carbons (Fsp3) is 0.769. The first-order valence-corrected chi connectivity index (χ1v) is 24.3. The molecule has 4 aliphatic rings. The number of rotatable bonds is 6. The Morgan fingerprint density at radius 1 is 0.828 bits per heavy atom. The molecule has 2 bridgehead atoms. The molecular weight excluding hydrogens is 815 g/mol. The van der Waals surface area contributed by atoms with E-state index in [1.54, 1.807) is 41.3 Å². The number of aliphatic hydroxyl groups excluding tert-OH is 1. The number of carbonyl (C=O) groups is 4. The van der Waals surface area contributed by atoms with E-state index >= 15 is 0 Å². The van der Waals surface area contributed by atoms with Gasteiger partial charge in [-0.1, -0.05) is 78.0 Å². The lowest BCUT2D eigenvalue weighted by Gasteiger charge is -2.42. The molecule has 1 saturated carbocycles. The minimum atomic E-state index is -2.39. The Labute approximate surface area is 384 Å². The molecule has 0 radical (unpaired) electrons. The Balaban J connectivity index is 1.68. The first-order valence-electron chi connectivity index (χ1n) is 24.3. The van der Waals surface area contributed by atoms with Crippen LogP contribution in [-0.2, 0) is 42.9 Å². The highest BCUT2D eigenvalue weighted by Crippen LogP contribution is 2.38. The van der Waals surface area contributed by atoms with Gasteiger partial charge in [0.15, 0.2) is 0 Å². The third kappa shape index (κ3) is 14.5. The van der Waals surface area contributed by atoms with E-state index in [4.69, 9.17) is 23.7 Å². The number of methoxy groups -OCH3 is 3. The molecule has 3 aliphatic heterocycles. The van der Waals surface area contributed by atoms with Gasteiger partial charge < -0.3 is 38.8 Å². The number of piperidine rings is 1. The number of hydrogen-bond acceptors (Lipinski definition) is 11. The van der Waals surface area contributed by atoms with Crippen molar-refractivity contribution in [3.05, 3.63) is 47.6 Å². The Kier molecular flexibility index (Phi) is 21.1. The number of ether oxygens (including phenoxy) is 5. The standard InChI is InChI=1S/C52H83NO11/c1-32-17-13-12-14-18-34(3)45(61-10)30-41-23-21-39(8)52(59,64-41)49(56)50(57)53-24-16-15-19-42(53)51(58)63-46(37(6)28-40-22-20-35(4)44(29-40)60-9)31-43(54)36(5)27-38(7)48(55)47(62-11)26-33(2)25-32/h12-14,17-18,27,32-33,35-37,39-42,44-48,55,59H,15-16,19-26,28-31H2,1-11H3/b14-12?,17-13+,34-18?,38-27+/t32-,33-,35-,36-,37-,39-,40+,41+,42+,44-,45+,46+,47+,48-,52-/m1/s1. The molecule has 2 saturated heterocycles. The summed E-state index contributed by atoms with van der Waals surface area (Å²) in [5, 5.41) is 23.4. The van der Waals surface area contributed by atoms with E-state index < -0.39 is 65.7 Å². The molecule has 64 heavy (non-hydrogen) atoms. The topological polar surface area (TPSA) is 158 Å². The lowest BCUT2D eigenvalue weighted by molar-refractivity contribution is -0.265. The molecule has 1 aliphatic carbocycles. The van der Waals surface area contributed by atoms with Crippen molar-refractivity contribution >= 4 is 23.4 Å². The van der Waals surface area contributed by atoms with Gasteiger partial charge in [-0.15, -0.1) is 0 Å². The Morgan fingerprint density at radius 3 is 2.23 bits per heavy atom. The quantitative estimate of drug-likeness (QED) is 0.150. The van der Waals surface area contributed by atoms with Crippen molar-refractivity contribution in [1.82, 2.24) is 4.90 Å². The molecule has 1 amide bonds. The Hall–Kier alpha value is -3.00. The second kappa shape index (κ2) is 25.2. The summed E-state index contributed by atoms with van der Waals surface area (Å²) in [5.41, 5.74) is 1.57. The van der Waals surface area contributed by atoms with Gasteiger partial charge in [0.05, 0.1) is 24.4 Å². The molecule has 12 nitrogen and oxygen atoms in total. The second-order valence-electron chi connectivity index (χ2n) is 20.2. The largest absolute Gasteiger partial charge is 0.460 e. The summed E-state index contributed by atoms with van der Waals surface area (Å²) in [6, 6.07) is -1.07. The number of allylic oxidation sites excluding steroid dienone is 6. The number of ketones is 2. The van der Waals surface area contributed by atoms with E-state index in [-0.39, 0.29) is 55.1 Å². The van der Waals surface area contributed by atoms with Crippen LogP contribution in [0.2, 0.25) is 0 Å². The third-order valence-corrected chi connectivity index (χ3v) is 14.9. The van der Waals surface area contributed by atoms with Gasteiger partial charge in [0.1, 0.15) is 24.0 Å². The minimum Gasteiger partial charge on any atom is -0.460 e. The second-order valence-corrected chi connectivity index (χ2v) is 20.2. The summed E-state index contributed by atoms with van der Waals surface area (Å²) in [7, 11) is 4.96. The molecule has 0 unspecified atom stereocenters. The molecule has 0 spiro atoms. The molecule has 3 fully saturated rings. The normalized spacial score (nSPS) is 39.5. The van der Waals surface area contributed by atoms with Crippen LogP contribution in [0.3, 0.4) is 0 Å². The Bertz CT molecular complexity index is 1670. The van der Waals surface area contributed by atoms with Gasteiger partial charge in [-0.05, 0) is 125 Å². The smallest absolute Gasteiger partial charge is 0.329 e. The highest BCUT2D eigenvalue weighted by molar-refractivity contribution is 6.39. The predicted octanol–water partition coefficient (Wildman–Crippen LogP) is 8.28. The van der Waals surface area contributed by atoms with Crippen molar-refractivity contribution in [1.29, 1.82) is 0 Å². The number of cyclic esters (lactones) is 1. The number of esters is 1. The summed E-state index contributed by atoms with van der Waals surface area (Å²) < 4.78 is 30.0. The molecule has 362 valence electrons. The summed E-state index contributed by atoms with van der Waals surface area (Å²) in [6.45, 7) is 15.9. The fourth-order valence-electron chi connectivity index (χ4n) is 10.5. The molecule has 0 aromatic rings. The summed E-state index contributed by atoms with van der Waals surface area (Å²) in [5.74, 6) is -5.48. The van der Waals surface area contributed by atoms with Crippen LogP contribution in [-0.4, -0.2) is 115 Å². The number of fused-ring (bicyclic) bond motifs is 3. The van der Waals surface area contributed by atoms with Gasteiger partial charge >= 0.3 is 5.97 Å². The molecule has 4 rings (SSSR count). The van der Waals surface area contributed by atoms with Crippen molar-refractivity contribution < 1.29 is 53.1 Å². The predicted molar refractivity (Wildman–Crippen MR) is 248 cm³/mol. The molecule has 2 N–H and O–H groups in total. The van der Waals surface area contributed by atoms with Gasteiger partial charge in [-0.3, -0.25) is 14.4 Å². The zero-order valence-electron chi connectivity index (χ0n) is 41.0. The third-order valence-electron chi connectivity index (χ3n) is 14.9. The monoisotopic (exact) mass is 898 g/mol. The maximum atomic E-state index is 14.4. The van der Waals surface area contributed by atoms with Gasteiger partial charge in [0, 0.05) is 52.6 Å². The van der Waals surface area contributed by atoms with Crippen LogP contribution in [0.15, 0.2) is 47.6 Å². The lowest BCUT2D eigenvalue weighted by atomic mass is 9.76. The summed E-state index contributed by atoms with van der Waals surface area (Å²) in [6.07, 6.45) is 16.8. The number of nitrogens with zero attached hydrogens (tertiary/aromatic N) is 1. The zero-order chi connectivity index (χ0) is 47.3. The van der Waals surface area contributed by atoms with Gasteiger partial charge in [-0.2, -0.15) is 0 Å². The zero-order valence-corrected chi connectivity index (χ0v) is 41.0. The van der Waals surface area contributed by atoms with Crippen LogP contribution >= 0.6 is 0 Å². The fourth-order valence-corrected chi connectivity index (χ4v) is 10.5. The van der Waals surface area contributed by atoms with Gasteiger partial charge in [0.25, 0.3) is 11.7 Å². The first-order chi connectivity index (χ1) is 30.3. The number of Topliss-reactive ketones (excluding diaryl/α,β-unsaturated/α-hetero) is 2. The van der Waals surface area contributed by atoms with E-state index in [9.17, 15) is 29.4 Å². The summed E-state index contributed by atoms with van der Waals surface area (Å²) >= 11 is 0. The van der Waals surface area contributed by atoms with Gasteiger partial charge in [-0.25, -0.2) is 4.79 Å². The van der Waals surface area contributed by atoms with Crippen molar-refractivity contribution in [3.63, 3.8) is 0 Å². The van der Waals surface area contributed by atoms with Crippen molar-refractivity contribution in [2.24, 2.45) is 41.4 Å². The molecule has 0 aromatic carbocycles. The van der Waals surface area contributed by atoms with Crippen LogP contribution in [0.1, 0.15) is 139 Å². The van der Waals surface area contributed by atoms with Crippen molar-refractivity contribution in [2.45, 2.75) is 187 Å². The van der Waals surface area contributed by atoms with Crippen LogP contribution in [0.5, 0.6) is 0 Å². The van der Waals surface area contributed by atoms with E-state index in [0.29, 0.717) is 62.4 Å². The molecular formula is C52H83NO11. The van der Waals surface area contributed by atoms with Crippen LogP contribution in [0.25, 0.3) is 0 Å². The SMILES string of the molecule is CO[C@H]1C[C@@H]2CC[C@@H](C)[C@@](O)(O2)C(=O)C(=O)N2CCCC[C@H]2C(=O)O[C@H]([C@H](C)C[C@@H]2CC[C@@H](C)[C@H](OC)C2)CC(=O)[C@H](C)/C=C(\C)[C@@H](O)[C@@H](OC)C[C@H](C)C[C@H](C)/C=C/C=CC=C1C. The molecule has 3 heterocycles. The first kappa shape index (κ1) is 53.6.